The molecule has 1 heteroatoms. The lowest BCUT2D eigenvalue weighted by atomic mass is 9.76. The third-order valence-electron chi connectivity index (χ3n) is 3.42. The van der Waals surface area contributed by atoms with E-state index >= 15 is 0 Å². The number of piperidine rings is 1. The molecule has 0 spiro atoms. The van der Waals surface area contributed by atoms with Gasteiger partial charge in [0.25, 0.3) is 0 Å². The van der Waals surface area contributed by atoms with E-state index in [9.17, 15) is 0 Å². The molecule has 1 aliphatic rings. The molecule has 1 fully saturated rings. The third kappa shape index (κ3) is 2.40. The highest BCUT2D eigenvalue weighted by Gasteiger charge is 2.28. The monoisotopic (exact) mass is 203 g/mol. The molecule has 1 heterocycles. The lowest BCUT2D eigenvalue weighted by Crippen LogP contribution is -2.40. The fourth-order valence-electron chi connectivity index (χ4n) is 2.66. The molecule has 1 aromatic carbocycles. The molecule has 0 aliphatic carbocycles. The lowest BCUT2D eigenvalue weighted by molar-refractivity contribution is 0.239. The van der Waals surface area contributed by atoms with Gasteiger partial charge in [0.15, 0.2) is 0 Å². The maximum Gasteiger partial charge on any atom is 0.00206 e. The Bertz CT molecular complexity index is 341. The largest absolute Gasteiger partial charge is 0.316 e. The van der Waals surface area contributed by atoms with E-state index in [4.69, 9.17) is 0 Å². The average molecular weight is 203 g/mol. The van der Waals surface area contributed by atoms with Crippen molar-refractivity contribution < 1.29 is 0 Å². The molecule has 0 amide bonds. The van der Waals surface area contributed by atoms with E-state index in [1.54, 1.807) is 0 Å². The molecule has 1 aromatic rings. The zero-order chi connectivity index (χ0) is 10.9. The van der Waals surface area contributed by atoms with E-state index in [1.165, 1.54) is 17.5 Å². The summed E-state index contributed by atoms with van der Waals surface area (Å²) in [5.41, 5.74) is 3.39. The van der Waals surface area contributed by atoms with Crippen LogP contribution in [0.25, 0.3) is 0 Å². The normalized spacial score (nSPS) is 25.1. The van der Waals surface area contributed by atoms with E-state index in [2.05, 4.69) is 50.4 Å². The first-order valence-electron chi connectivity index (χ1n) is 5.85. The standard InChI is InChI=1S/C14H21N/c1-11-6-4-5-7-13(11)12-8-14(2,3)10-15-9-12/h4-7,12,15H,8-10H2,1-3H3. The first-order chi connectivity index (χ1) is 7.08. The second-order valence-corrected chi connectivity index (χ2v) is 5.55. The van der Waals surface area contributed by atoms with Crippen LogP contribution in [0.5, 0.6) is 0 Å². The molecule has 1 unspecified atom stereocenters. The van der Waals surface area contributed by atoms with Crippen LogP contribution in [0.1, 0.15) is 37.3 Å². The molecule has 1 atom stereocenters. The zero-order valence-corrected chi connectivity index (χ0v) is 10.0. The van der Waals surface area contributed by atoms with Crippen molar-refractivity contribution in [2.45, 2.75) is 33.1 Å². The van der Waals surface area contributed by atoms with Crippen LogP contribution in [0.4, 0.5) is 0 Å². The summed E-state index contributed by atoms with van der Waals surface area (Å²) in [4.78, 5) is 0. The van der Waals surface area contributed by atoms with Crippen molar-refractivity contribution in [2.24, 2.45) is 5.41 Å². The summed E-state index contributed by atoms with van der Waals surface area (Å²) < 4.78 is 0. The van der Waals surface area contributed by atoms with Gasteiger partial charge in [0.05, 0.1) is 0 Å². The van der Waals surface area contributed by atoms with Crippen LogP contribution >= 0.6 is 0 Å². The molecule has 0 aromatic heterocycles. The first-order valence-corrected chi connectivity index (χ1v) is 5.85. The summed E-state index contributed by atoms with van der Waals surface area (Å²) in [6.07, 6.45) is 1.30. The van der Waals surface area contributed by atoms with Crippen LogP contribution in [-0.4, -0.2) is 13.1 Å². The van der Waals surface area contributed by atoms with E-state index in [-0.39, 0.29) is 0 Å². The topological polar surface area (TPSA) is 12.0 Å². The number of rotatable bonds is 1. The highest BCUT2D eigenvalue weighted by molar-refractivity contribution is 5.30. The second kappa shape index (κ2) is 3.97. The lowest BCUT2D eigenvalue weighted by Gasteiger charge is -2.36. The number of hydrogen-bond donors (Lipinski definition) is 1. The molecule has 0 bridgehead atoms. The van der Waals surface area contributed by atoms with Gasteiger partial charge in [0.2, 0.25) is 0 Å². The molecular weight excluding hydrogens is 182 g/mol. The first kappa shape index (κ1) is 10.7. The zero-order valence-electron chi connectivity index (χ0n) is 10.0. The number of benzene rings is 1. The number of nitrogens with one attached hydrogen (secondary N) is 1. The molecule has 82 valence electrons. The Balaban J connectivity index is 2.21. The minimum Gasteiger partial charge on any atom is -0.316 e. The van der Waals surface area contributed by atoms with E-state index in [1.807, 2.05) is 0 Å². The summed E-state index contributed by atoms with van der Waals surface area (Å²) in [5, 5.41) is 3.55. The maximum atomic E-state index is 3.55. The highest BCUT2D eigenvalue weighted by atomic mass is 14.9. The van der Waals surface area contributed by atoms with Crippen molar-refractivity contribution in [1.82, 2.24) is 5.32 Å². The molecule has 1 N–H and O–H groups in total. The summed E-state index contributed by atoms with van der Waals surface area (Å²) in [7, 11) is 0. The Morgan fingerprint density at radius 2 is 2.00 bits per heavy atom. The van der Waals surface area contributed by atoms with Gasteiger partial charge in [-0.3, -0.25) is 0 Å². The van der Waals surface area contributed by atoms with E-state index < -0.39 is 0 Å². The van der Waals surface area contributed by atoms with E-state index in [0.717, 1.165) is 13.1 Å². The van der Waals surface area contributed by atoms with Crippen molar-refractivity contribution in [1.29, 1.82) is 0 Å². The van der Waals surface area contributed by atoms with Crippen LogP contribution in [0.3, 0.4) is 0 Å². The van der Waals surface area contributed by atoms with Crippen molar-refractivity contribution in [2.75, 3.05) is 13.1 Å². The molecular formula is C14H21N. The van der Waals surface area contributed by atoms with Gasteiger partial charge in [0, 0.05) is 13.1 Å². The van der Waals surface area contributed by atoms with Crippen LogP contribution in [0.15, 0.2) is 24.3 Å². The summed E-state index contributed by atoms with van der Waals surface area (Å²) >= 11 is 0. The van der Waals surface area contributed by atoms with Gasteiger partial charge >= 0.3 is 0 Å². The van der Waals surface area contributed by atoms with Crippen molar-refractivity contribution in [3.8, 4) is 0 Å². The number of aryl methyl sites for hydroxylation is 1. The summed E-state index contributed by atoms with van der Waals surface area (Å²) in [6.45, 7) is 9.20. The van der Waals surface area contributed by atoms with Crippen molar-refractivity contribution in [3.05, 3.63) is 35.4 Å². The van der Waals surface area contributed by atoms with Gasteiger partial charge in [-0.25, -0.2) is 0 Å². The minimum atomic E-state index is 0.436. The van der Waals surface area contributed by atoms with Gasteiger partial charge in [-0.15, -0.1) is 0 Å². The van der Waals surface area contributed by atoms with Crippen molar-refractivity contribution >= 4 is 0 Å². The van der Waals surface area contributed by atoms with Crippen LogP contribution in [-0.2, 0) is 0 Å². The predicted molar refractivity (Wildman–Crippen MR) is 65.2 cm³/mol. The molecule has 15 heavy (non-hydrogen) atoms. The van der Waals surface area contributed by atoms with Gasteiger partial charge < -0.3 is 5.32 Å². The Hall–Kier alpha value is -0.820. The van der Waals surface area contributed by atoms with Gasteiger partial charge in [-0.2, -0.15) is 0 Å². The van der Waals surface area contributed by atoms with Crippen LogP contribution in [0, 0.1) is 12.3 Å². The smallest absolute Gasteiger partial charge is 0.00206 e. The molecule has 2 rings (SSSR count). The SMILES string of the molecule is Cc1ccccc1C1CNCC(C)(C)C1. The van der Waals surface area contributed by atoms with Crippen molar-refractivity contribution in [3.63, 3.8) is 0 Å². The highest BCUT2D eigenvalue weighted by Crippen LogP contribution is 2.35. The third-order valence-corrected chi connectivity index (χ3v) is 3.42. The fraction of sp³-hybridized carbons (Fsp3) is 0.571. The average Bonchev–Trinajstić information content (AvgIpc) is 2.17. The minimum absolute atomic E-state index is 0.436. The Morgan fingerprint density at radius 1 is 1.27 bits per heavy atom. The molecule has 1 saturated heterocycles. The quantitative estimate of drug-likeness (QED) is 0.739. The summed E-state index contributed by atoms with van der Waals surface area (Å²) in [6, 6.07) is 8.78. The molecule has 0 saturated carbocycles. The number of hydrogen-bond acceptors (Lipinski definition) is 1. The van der Waals surface area contributed by atoms with Gasteiger partial charge in [-0.05, 0) is 35.8 Å². The Labute approximate surface area is 92.9 Å². The predicted octanol–water partition coefficient (Wildman–Crippen LogP) is 3.10. The second-order valence-electron chi connectivity index (χ2n) is 5.55. The van der Waals surface area contributed by atoms with Gasteiger partial charge in [-0.1, -0.05) is 38.1 Å². The van der Waals surface area contributed by atoms with Crippen LogP contribution < -0.4 is 5.32 Å². The molecule has 1 aliphatic heterocycles. The summed E-state index contributed by atoms with van der Waals surface area (Å²) in [5.74, 6) is 0.690. The Kier molecular flexibility index (Phi) is 2.83. The van der Waals surface area contributed by atoms with E-state index in [0.29, 0.717) is 11.3 Å². The molecule has 0 radical (unpaired) electrons. The Morgan fingerprint density at radius 3 is 2.67 bits per heavy atom. The van der Waals surface area contributed by atoms with Gasteiger partial charge in [0.1, 0.15) is 0 Å². The maximum absolute atomic E-state index is 3.55. The molecule has 1 nitrogen and oxygen atoms in total. The fourth-order valence-corrected chi connectivity index (χ4v) is 2.66. The van der Waals surface area contributed by atoms with Crippen LogP contribution in [0.2, 0.25) is 0 Å².